The number of hydrogen-bond donors (Lipinski definition) is 4. The molecule has 1 saturated heterocycles. The highest BCUT2D eigenvalue weighted by molar-refractivity contribution is 5.85. The number of hydrazine groups is 2. The van der Waals surface area contributed by atoms with Crippen LogP contribution in [0.4, 0.5) is 0 Å². The first-order valence-electron chi connectivity index (χ1n) is 7.84. The summed E-state index contributed by atoms with van der Waals surface area (Å²) in [5.41, 5.74) is 11.6. The molecule has 0 aliphatic carbocycles. The van der Waals surface area contributed by atoms with Crippen molar-refractivity contribution in [1.29, 1.82) is 0 Å². The van der Waals surface area contributed by atoms with Crippen LogP contribution in [0.3, 0.4) is 0 Å². The predicted molar refractivity (Wildman–Crippen MR) is 87.6 cm³/mol. The van der Waals surface area contributed by atoms with Crippen molar-refractivity contribution in [1.82, 2.24) is 21.7 Å². The van der Waals surface area contributed by atoms with E-state index < -0.39 is 12.0 Å². The molecule has 1 fully saturated rings. The van der Waals surface area contributed by atoms with Crippen LogP contribution in [-0.2, 0) is 20.9 Å². The number of nitrogens with one attached hydrogen (secondary N) is 4. The van der Waals surface area contributed by atoms with Crippen LogP contribution in [0, 0.1) is 5.92 Å². The normalized spacial score (nSPS) is 21.1. The van der Waals surface area contributed by atoms with Crippen LogP contribution < -0.4 is 26.4 Å². The zero-order valence-electron chi connectivity index (χ0n) is 14.1. The van der Waals surface area contributed by atoms with Gasteiger partial charge in [0.15, 0.2) is 0 Å². The quantitative estimate of drug-likeness (QED) is 0.540. The molecular formula is C16H24N4O4. The SMILES string of the molecule is COc1cccc(COC(C)C(=O)NNC(=O)C2CNNC2C)c1. The Morgan fingerprint density at radius 3 is 2.83 bits per heavy atom. The van der Waals surface area contributed by atoms with Crippen LogP contribution in [0.15, 0.2) is 24.3 Å². The fraction of sp³-hybridized carbons (Fsp3) is 0.500. The smallest absolute Gasteiger partial charge is 0.267 e. The lowest BCUT2D eigenvalue weighted by molar-refractivity contribution is -0.137. The first kappa shape index (κ1) is 18.2. The maximum atomic E-state index is 12.0. The van der Waals surface area contributed by atoms with E-state index in [-0.39, 0.29) is 24.5 Å². The zero-order chi connectivity index (χ0) is 17.5. The van der Waals surface area contributed by atoms with E-state index in [4.69, 9.17) is 9.47 Å². The molecule has 4 N–H and O–H groups in total. The Labute approximate surface area is 141 Å². The van der Waals surface area contributed by atoms with Gasteiger partial charge >= 0.3 is 0 Å². The van der Waals surface area contributed by atoms with E-state index in [1.54, 1.807) is 14.0 Å². The van der Waals surface area contributed by atoms with Gasteiger partial charge in [-0.25, -0.2) is 0 Å². The van der Waals surface area contributed by atoms with Gasteiger partial charge in [0.25, 0.3) is 5.91 Å². The fourth-order valence-corrected chi connectivity index (χ4v) is 2.30. The number of methoxy groups -OCH3 is 1. The lowest BCUT2D eigenvalue weighted by Gasteiger charge is -2.17. The van der Waals surface area contributed by atoms with Gasteiger partial charge in [-0.2, -0.15) is 0 Å². The second-order valence-corrected chi connectivity index (χ2v) is 5.70. The molecule has 1 heterocycles. The van der Waals surface area contributed by atoms with Gasteiger partial charge in [0.05, 0.1) is 19.6 Å². The Morgan fingerprint density at radius 2 is 2.17 bits per heavy atom. The van der Waals surface area contributed by atoms with Gasteiger partial charge in [0, 0.05) is 12.6 Å². The molecule has 8 nitrogen and oxygen atoms in total. The Balaban J connectivity index is 1.74. The topological polar surface area (TPSA) is 101 Å². The molecule has 0 saturated carbocycles. The van der Waals surface area contributed by atoms with E-state index in [0.717, 1.165) is 11.3 Å². The Hall–Kier alpha value is -2.16. The Bertz CT molecular complexity index is 581. The molecule has 2 amide bonds. The maximum Gasteiger partial charge on any atom is 0.267 e. The molecule has 2 rings (SSSR count). The van der Waals surface area contributed by atoms with Crippen LogP contribution in [0.2, 0.25) is 0 Å². The van der Waals surface area contributed by atoms with Crippen molar-refractivity contribution >= 4 is 11.8 Å². The van der Waals surface area contributed by atoms with Crippen molar-refractivity contribution in [2.45, 2.75) is 32.6 Å². The molecule has 0 aromatic heterocycles. The Kier molecular flexibility index (Phi) is 6.53. The van der Waals surface area contributed by atoms with Crippen LogP contribution >= 0.6 is 0 Å². The van der Waals surface area contributed by atoms with Crippen LogP contribution in [-0.4, -0.2) is 37.6 Å². The summed E-state index contributed by atoms with van der Waals surface area (Å²) in [6.45, 7) is 4.31. The minimum Gasteiger partial charge on any atom is -0.497 e. The third-order valence-corrected chi connectivity index (χ3v) is 3.90. The van der Waals surface area contributed by atoms with Crippen LogP contribution in [0.25, 0.3) is 0 Å². The van der Waals surface area contributed by atoms with Gasteiger partial charge < -0.3 is 9.47 Å². The number of benzene rings is 1. The van der Waals surface area contributed by atoms with Crippen LogP contribution in [0.1, 0.15) is 19.4 Å². The molecule has 1 aliphatic rings. The van der Waals surface area contributed by atoms with Crippen molar-refractivity contribution in [3.63, 3.8) is 0 Å². The molecule has 3 atom stereocenters. The molecule has 132 valence electrons. The minimum atomic E-state index is -0.700. The number of hydrogen-bond acceptors (Lipinski definition) is 6. The predicted octanol–water partition coefficient (Wildman–Crippen LogP) is -0.140. The minimum absolute atomic E-state index is 0.00337. The molecule has 24 heavy (non-hydrogen) atoms. The number of ether oxygens (including phenoxy) is 2. The van der Waals surface area contributed by atoms with E-state index in [0.29, 0.717) is 6.54 Å². The summed E-state index contributed by atoms with van der Waals surface area (Å²) in [6.07, 6.45) is -0.700. The summed E-state index contributed by atoms with van der Waals surface area (Å²) in [7, 11) is 1.59. The Morgan fingerprint density at radius 1 is 1.38 bits per heavy atom. The monoisotopic (exact) mass is 336 g/mol. The highest BCUT2D eigenvalue weighted by Gasteiger charge is 2.29. The molecule has 1 aromatic carbocycles. The number of rotatable bonds is 6. The van der Waals surface area contributed by atoms with Gasteiger partial charge in [0.1, 0.15) is 11.9 Å². The highest BCUT2D eigenvalue weighted by Crippen LogP contribution is 2.13. The molecule has 1 aromatic rings. The summed E-state index contributed by atoms with van der Waals surface area (Å²) in [6, 6.07) is 7.42. The summed E-state index contributed by atoms with van der Waals surface area (Å²) < 4.78 is 10.7. The summed E-state index contributed by atoms with van der Waals surface area (Å²) in [5.74, 6) is -0.155. The first-order valence-corrected chi connectivity index (χ1v) is 7.84. The van der Waals surface area contributed by atoms with E-state index in [1.807, 2.05) is 31.2 Å². The third kappa shape index (κ3) is 4.92. The first-order chi connectivity index (χ1) is 11.5. The maximum absolute atomic E-state index is 12.0. The second-order valence-electron chi connectivity index (χ2n) is 5.70. The van der Waals surface area contributed by atoms with Gasteiger partial charge in [-0.3, -0.25) is 31.3 Å². The van der Waals surface area contributed by atoms with Crippen molar-refractivity contribution in [2.24, 2.45) is 5.92 Å². The average Bonchev–Trinajstić information content (AvgIpc) is 3.03. The van der Waals surface area contributed by atoms with E-state index >= 15 is 0 Å². The molecule has 1 aliphatic heterocycles. The third-order valence-electron chi connectivity index (χ3n) is 3.90. The van der Waals surface area contributed by atoms with Gasteiger partial charge in [-0.15, -0.1) is 0 Å². The van der Waals surface area contributed by atoms with Crippen molar-refractivity contribution in [3.05, 3.63) is 29.8 Å². The average molecular weight is 336 g/mol. The molecule has 0 radical (unpaired) electrons. The van der Waals surface area contributed by atoms with Gasteiger partial charge in [-0.05, 0) is 31.5 Å². The van der Waals surface area contributed by atoms with E-state index in [2.05, 4.69) is 21.7 Å². The highest BCUT2D eigenvalue weighted by atomic mass is 16.5. The summed E-state index contributed by atoms with van der Waals surface area (Å²) in [5, 5.41) is 0. The second kappa shape index (κ2) is 8.62. The summed E-state index contributed by atoms with van der Waals surface area (Å²) >= 11 is 0. The fourth-order valence-electron chi connectivity index (χ4n) is 2.30. The van der Waals surface area contributed by atoms with E-state index in [9.17, 15) is 9.59 Å². The van der Waals surface area contributed by atoms with Crippen molar-refractivity contribution < 1.29 is 19.1 Å². The number of carbonyl (C=O) groups excluding carboxylic acids is 2. The molecule has 3 unspecified atom stereocenters. The standard InChI is InChI=1S/C16H24N4O4/c1-10-14(8-17-18-10)16(22)20-19-15(21)11(2)24-9-12-5-4-6-13(7-12)23-3/h4-7,10-11,14,17-18H,8-9H2,1-3H3,(H,19,21)(H,20,22). The lowest BCUT2D eigenvalue weighted by atomic mass is 10.0. The van der Waals surface area contributed by atoms with Gasteiger partial charge in [-0.1, -0.05) is 12.1 Å². The van der Waals surface area contributed by atoms with Crippen molar-refractivity contribution in [2.75, 3.05) is 13.7 Å². The number of amides is 2. The molecular weight excluding hydrogens is 312 g/mol. The zero-order valence-corrected chi connectivity index (χ0v) is 14.1. The van der Waals surface area contributed by atoms with Gasteiger partial charge in [0.2, 0.25) is 5.91 Å². The van der Waals surface area contributed by atoms with Crippen molar-refractivity contribution in [3.8, 4) is 5.75 Å². The summed E-state index contributed by atoms with van der Waals surface area (Å²) in [4.78, 5) is 24.0. The van der Waals surface area contributed by atoms with E-state index in [1.165, 1.54) is 0 Å². The molecule has 8 heteroatoms. The van der Waals surface area contributed by atoms with Crippen LogP contribution in [0.5, 0.6) is 5.75 Å². The number of carbonyl (C=O) groups is 2. The largest absolute Gasteiger partial charge is 0.497 e. The molecule has 0 bridgehead atoms. The lowest BCUT2D eigenvalue weighted by Crippen LogP contribution is -2.50. The molecule has 0 spiro atoms.